The van der Waals surface area contributed by atoms with Crippen LogP contribution in [-0.4, -0.2) is 24.7 Å². The third kappa shape index (κ3) is 4.30. The predicted octanol–water partition coefficient (Wildman–Crippen LogP) is 3.40. The third-order valence-corrected chi connectivity index (χ3v) is 5.63. The van der Waals surface area contributed by atoms with Crippen LogP contribution in [0, 0.1) is 0 Å². The number of rotatable bonds is 6. The zero-order valence-electron chi connectivity index (χ0n) is 13.1. The summed E-state index contributed by atoms with van der Waals surface area (Å²) in [6.45, 7) is 8.02. The molecule has 0 bridgehead atoms. The van der Waals surface area contributed by atoms with E-state index in [1.807, 2.05) is 27.7 Å². The molecule has 0 fully saturated rings. The van der Waals surface area contributed by atoms with E-state index in [0.717, 1.165) is 12.0 Å². The van der Waals surface area contributed by atoms with Gasteiger partial charge in [-0.05, 0) is 29.5 Å². The van der Waals surface area contributed by atoms with Crippen molar-refractivity contribution in [1.29, 1.82) is 0 Å². The van der Waals surface area contributed by atoms with E-state index in [2.05, 4.69) is 0 Å². The molecule has 0 amide bonds. The second kappa shape index (κ2) is 6.60. The standard InChI is InChI=1S/C16H24O4S/c1-5-6-7-14(15(17)18)21(19,20)13-10-8-12(9-11-13)16(2,3)4/h8-11,14H,5-7H2,1-4H3,(H,17,18). The topological polar surface area (TPSA) is 71.4 Å². The van der Waals surface area contributed by atoms with Crippen LogP contribution < -0.4 is 0 Å². The number of carboxylic acid groups (broad SMARTS) is 1. The van der Waals surface area contributed by atoms with Crippen LogP contribution in [0.4, 0.5) is 0 Å². The lowest BCUT2D eigenvalue weighted by molar-refractivity contribution is -0.136. The third-order valence-electron chi connectivity index (χ3n) is 3.52. The SMILES string of the molecule is CCCCC(C(=O)O)S(=O)(=O)c1ccc(C(C)(C)C)cc1. The fourth-order valence-corrected chi connectivity index (χ4v) is 3.70. The monoisotopic (exact) mass is 312 g/mol. The number of aliphatic carboxylic acids is 1. The zero-order valence-corrected chi connectivity index (χ0v) is 13.9. The van der Waals surface area contributed by atoms with Gasteiger partial charge in [-0.25, -0.2) is 8.42 Å². The van der Waals surface area contributed by atoms with Crippen LogP contribution in [-0.2, 0) is 20.0 Å². The van der Waals surface area contributed by atoms with Gasteiger partial charge in [0, 0.05) is 0 Å². The van der Waals surface area contributed by atoms with Gasteiger partial charge in [0.05, 0.1) is 4.90 Å². The van der Waals surface area contributed by atoms with Gasteiger partial charge in [0.25, 0.3) is 0 Å². The Morgan fingerprint density at radius 1 is 1.19 bits per heavy atom. The van der Waals surface area contributed by atoms with Crippen molar-refractivity contribution in [3.05, 3.63) is 29.8 Å². The number of benzene rings is 1. The van der Waals surface area contributed by atoms with E-state index in [4.69, 9.17) is 0 Å². The second-order valence-electron chi connectivity index (χ2n) is 6.29. The Morgan fingerprint density at radius 2 is 1.71 bits per heavy atom. The molecule has 4 nitrogen and oxygen atoms in total. The summed E-state index contributed by atoms with van der Waals surface area (Å²) in [5.74, 6) is -1.27. The highest BCUT2D eigenvalue weighted by Crippen LogP contribution is 2.26. The first kappa shape index (κ1) is 17.7. The van der Waals surface area contributed by atoms with Gasteiger partial charge in [0.1, 0.15) is 0 Å². The Labute approximate surface area is 127 Å². The Morgan fingerprint density at radius 3 is 2.10 bits per heavy atom. The molecule has 0 aliphatic carbocycles. The molecular formula is C16H24O4S. The number of carboxylic acids is 1. The maximum Gasteiger partial charge on any atom is 0.322 e. The number of sulfone groups is 1. The summed E-state index contributed by atoms with van der Waals surface area (Å²) in [6.07, 6.45) is 1.49. The maximum atomic E-state index is 12.5. The van der Waals surface area contributed by atoms with Gasteiger partial charge in [-0.15, -0.1) is 0 Å². The molecule has 0 heterocycles. The van der Waals surface area contributed by atoms with Crippen LogP contribution in [0.25, 0.3) is 0 Å². The van der Waals surface area contributed by atoms with Crippen molar-refractivity contribution in [2.75, 3.05) is 0 Å². The second-order valence-corrected chi connectivity index (χ2v) is 8.42. The molecule has 1 unspecified atom stereocenters. The van der Waals surface area contributed by atoms with Crippen molar-refractivity contribution < 1.29 is 18.3 Å². The molecule has 1 aromatic rings. The van der Waals surface area contributed by atoms with Gasteiger partial charge < -0.3 is 5.11 Å². The first-order valence-corrected chi connectivity index (χ1v) is 8.72. The fraction of sp³-hybridized carbons (Fsp3) is 0.562. The van der Waals surface area contributed by atoms with E-state index < -0.39 is 21.1 Å². The van der Waals surface area contributed by atoms with Crippen molar-refractivity contribution in [3.63, 3.8) is 0 Å². The average Bonchev–Trinajstić information content (AvgIpc) is 2.37. The largest absolute Gasteiger partial charge is 0.480 e. The van der Waals surface area contributed by atoms with Crippen molar-refractivity contribution >= 4 is 15.8 Å². The van der Waals surface area contributed by atoms with Crippen molar-refractivity contribution in [3.8, 4) is 0 Å². The van der Waals surface area contributed by atoms with E-state index in [1.54, 1.807) is 12.1 Å². The van der Waals surface area contributed by atoms with Gasteiger partial charge in [-0.2, -0.15) is 0 Å². The maximum absolute atomic E-state index is 12.5. The predicted molar refractivity (Wildman–Crippen MR) is 83.3 cm³/mol. The Hall–Kier alpha value is -1.36. The summed E-state index contributed by atoms with van der Waals surface area (Å²) in [6, 6.07) is 6.53. The number of unbranched alkanes of at least 4 members (excludes halogenated alkanes) is 1. The van der Waals surface area contributed by atoms with Crippen LogP contribution in [0.2, 0.25) is 0 Å². The molecule has 0 saturated heterocycles. The summed E-state index contributed by atoms with van der Waals surface area (Å²) < 4.78 is 24.9. The minimum Gasteiger partial charge on any atom is -0.480 e. The molecule has 0 radical (unpaired) electrons. The van der Waals surface area contributed by atoms with Gasteiger partial charge in [0.15, 0.2) is 15.1 Å². The summed E-state index contributed by atoms with van der Waals surface area (Å²) in [5, 5.41) is 7.84. The smallest absolute Gasteiger partial charge is 0.322 e. The average molecular weight is 312 g/mol. The van der Waals surface area contributed by atoms with Crippen LogP contribution in [0.15, 0.2) is 29.2 Å². The molecular weight excluding hydrogens is 288 g/mol. The fourth-order valence-electron chi connectivity index (χ4n) is 2.11. The summed E-state index contributed by atoms with van der Waals surface area (Å²) in [5.41, 5.74) is 0.943. The highest BCUT2D eigenvalue weighted by atomic mass is 32.2. The molecule has 0 aliphatic heterocycles. The Kier molecular flexibility index (Phi) is 5.56. The lowest BCUT2D eigenvalue weighted by Gasteiger charge is -2.20. The van der Waals surface area contributed by atoms with Gasteiger partial charge in [0.2, 0.25) is 0 Å². The van der Waals surface area contributed by atoms with Crippen LogP contribution >= 0.6 is 0 Å². The van der Waals surface area contributed by atoms with E-state index in [0.29, 0.717) is 6.42 Å². The molecule has 1 atom stereocenters. The van der Waals surface area contributed by atoms with Crippen molar-refractivity contribution in [2.45, 2.75) is 62.5 Å². The quantitative estimate of drug-likeness (QED) is 0.874. The zero-order chi connectivity index (χ0) is 16.3. The lowest BCUT2D eigenvalue weighted by Crippen LogP contribution is -2.30. The number of hydrogen-bond acceptors (Lipinski definition) is 3. The molecule has 118 valence electrons. The molecule has 0 aromatic heterocycles. The Bertz CT molecular complexity index is 580. The highest BCUT2D eigenvalue weighted by molar-refractivity contribution is 7.92. The van der Waals surface area contributed by atoms with E-state index in [9.17, 15) is 18.3 Å². The summed E-state index contributed by atoms with van der Waals surface area (Å²) in [4.78, 5) is 11.4. The van der Waals surface area contributed by atoms with E-state index in [1.165, 1.54) is 12.1 Å². The normalized spacial score (nSPS) is 13.9. The summed E-state index contributed by atoms with van der Waals surface area (Å²) in [7, 11) is -3.83. The van der Waals surface area contributed by atoms with Gasteiger partial charge in [-0.1, -0.05) is 52.7 Å². The molecule has 21 heavy (non-hydrogen) atoms. The molecule has 0 spiro atoms. The van der Waals surface area contributed by atoms with Crippen LogP contribution in [0.1, 0.15) is 52.5 Å². The molecule has 5 heteroatoms. The molecule has 0 aliphatic rings. The molecule has 1 aromatic carbocycles. The first-order chi connectivity index (χ1) is 9.60. The Balaban J connectivity index is 3.14. The highest BCUT2D eigenvalue weighted by Gasteiger charge is 2.33. The van der Waals surface area contributed by atoms with Gasteiger partial charge >= 0.3 is 5.97 Å². The molecule has 0 saturated carbocycles. The first-order valence-electron chi connectivity index (χ1n) is 7.18. The van der Waals surface area contributed by atoms with Crippen molar-refractivity contribution in [1.82, 2.24) is 0 Å². The molecule has 1 rings (SSSR count). The molecule has 1 N–H and O–H groups in total. The van der Waals surface area contributed by atoms with E-state index in [-0.39, 0.29) is 16.7 Å². The number of carbonyl (C=O) groups is 1. The minimum absolute atomic E-state index is 0.0727. The van der Waals surface area contributed by atoms with E-state index >= 15 is 0 Å². The van der Waals surface area contributed by atoms with Crippen LogP contribution in [0.5, 0.6) is 0 Å². The number of hydrogen-bond donors (Lipinski definition) is 1. The lowest BCUT2D eigenvalue weighted by atomic mass is 9.87. The minimum atomic E-state index is -3.83. The van der Waals surface area contributed by atoms with Crippen molar-refractivity contribution in [2.24, 2.45) is 0 Å². The van der Waals surface area contributed by atoms with Crippen LogP contribution in [0.3, 0.4) is 0 Å². The summed E-state index contributed by atoms with van der Waals surface area (Å²) >= 11 is 0. The van der Waals surface area contributed by atoms with Gasteiger partial charge in [-0.3, -0.25) is 4.79 Å².